The first-order valence-corrected chi connectivity index (χ1v) is 15.2. The second-order valence-corrected chi connectivity index (χ2v) is 13.3. The Labute approximate surface area is 236 Å². The van der Waals surface area contributed by atoms with Crippen LogP contribution >= 0.6 is 21.6 Å². The van der Waals surface area contributed by atoms with Gasteiger partial charge in [-0.3, -0.25) is 28.8 Å². The van der Waals surface area contributed by atoms with Gasteiger partial charge in [-0.05, 0) is 53.5 Å². The van der Waals surface area contributed by atoms with Crippen molar-refractivity contribution >= 4 is 57.2 Å². The first-order valence-electron chi connectivity index (χ1n) is 12.7. The van der Waals surface area contributed by atoms with E-state index >= 15 is 0 Å². The van der Waals surface area contributed by atoms with Gasteiger partial charge in [0.1, 0.15) is 35.9 Å². The maximum absolute atomic E-state index is 13.3. The van der Waals surface area contributed by atoms with Crippen molar-refractivity contribution in [3.05, 3.63) is 12.2 Å². The van der Waals surface area contributed by atoms with Crippen LogP contribution in [0.25, 0.3) is 0 Å². The molecule has 2 aliphatic heterocycles. The summed E-state index contributed by atoms with van der Waals surface area (Å²) in [7, 11) is 2.85. The van der Waals surface area contributed by atoms with Gasteiger partial charge in [-0.1, -0.05) is 27.7 Å². The number of nitrogens with one attached hydrogen (secondary N) is 4. The van der Waals surface area contributed by atoms with E-state index in [4.69, 9.17) is 9.47 Å². The van der Waals surface area contributed by atoms with Crippen LogP contribution in [-0.4, -0.2) is 82.9 Å². The summed E-state index contributed by atoms with van der Waals surface area (Å²) in [5.74, 6) is -2.99. The third-order valence-corrected chi connectivity index (χ3v) is 7.89. The number of allylic oxidation sites excluding steroid dienone is 1. The third-order valence-electron chi connectivity index (χ3n) is 5.44. The van der Waals surface area contributed by atoms with Crippen molar-refractivity contribution in [2.75, 3.05) is 18.1 Å². The Morgan fingerprint density at radius 3 is 2.51 bits per heavy atom. The van der Waals surface area contributed by atoms with E-state index < -0.39 is 71.4 Å². The highest BCUT2D eigenvalue weighted by Gasteiger charge is 2.35. The summed E-state index contributed by atoms with van der Waals surface area (Å²) in [5, 5.41) is 10.3. The van der Waals surface area contributed by atoms with Crippen molar-refractivity contribution in [3.8, 4) is 0 Å². The minimum atomic E-state index is -1.41. The van der Waals surface area contributed by atoms with Crippen LogP contribution in [0.15, 0.2) is 12.2 Å². The van der Waals surface area contributed by atoms with E-state index in [-0.39, 0.29) is 25.0 Å². The molecule has 0 aliphatic carbocycles. The minimum absolute atomic E-state index is 0.0864. The number of esters is 2. The summed E-state index contributed by atoms with van der Waals surface area (Å²) < 4.78 is 10.7. The number of fused-ring (bicyclic) bond motifs is 7. The predicted octanol–water partition coefficient (Wildman–Crippen LogP) is 0.746. The SMILES string of the molecule is CC(C)(C)OC(=O)CCC1NC(=O)C[C@@H]2/C=C/CCSSC[C@H](NC1=O)C(=O)NC(C)(C)C(=O)NCC(=O)O2. The van der Waals surface area contributed by atoms with Gasteiger partial charge in [-0.15, -0.1) is 0 Å². The van der Waals surface area contributed by atoms with Gasteiger partial charge in [-0.2, -0.15) is 0 Å². The zero-order valence-corrected chi connectivity index (χ0v) is 24.6. The van der Waals surface area contributed by atoms with Crippen molar-refractivity contribution < 1.29 is 38.2 Å². The van der Waals surface area contributed by atoms with Crippen LogP contribution in [0.5, 0.6) is 0 Å². The molecule has 12 nitrogen and oxygen atoms in total. The van der Waals surface area contributed by atoms with E-state index in [0.717, 1.165) is 0 Å². The van der Waals surface area contributed by atoms with E-state index in [2.05, 4.69) is 21.3 Å². The molecule has 2 heterocycles. The smallest absolute Gasteiger partial charge is 0.326 e. The molecule has 1 fully saturated rings. The number of ether oxygens (including phenoxy) is 2. The molecule has 0 aromatic rings. The first kappa shape index (κ1) is 32.5. The van der Waals surface area contributed by atoms with Crippen molar-refractivity contribution in [2.24, 2.45) is 0 Å². The molecule has 39 heavy (non-hydrogen) atoms. The van der Waals surface area contributed by atoms with Gasteiger partial charge < -0.3 is 30.7 Å². The summed E-state index contributed by atoms with van der Waals surface area (Å²) in [5.41, 5.74) is -2.14. The number of carbonyl (C=O) groups is 6. The Morgan fingerprint density at radius 2 is 1.82 bits per heavy atom. The summed E-state index contributed by atoms with van der Waals surface area (Å²) in [4.78, 5) is 77.0. The third kappa shape index (κ3) is 11.9. The fraction of sp³-hybridized carbons (Fsp3) is 0.680. The largest absolute Gasteiger partial charge is 0.460 e. The van der Waals surface area contributed by atoms with Gasteiger partial charge in [0, 0.05) is 17.9 Å². The van der Waals surface area contributed by atoms with Crippen molar-refractivity contribution in [1.29, 1.82) is 0 Å². The van der Waals surface area contributed by atoms with Crippen LogP contribution in [0.3, 0.4) is 0 Å². The summed E-state index contributed by atoms with van der Waals surface area (Å²) in [6.07, 6.45) is 2.50. The molecule has 0 saturated carbocycles. The predicted molar refractivity (Wildman–Crippen MR) is 147 cm³/mol. The van der Waals surface area contributed by atoms with Crippen molar-refractivity contribution in [3.63, 3.8) is 0 Å². The zero-order valence-electron chi connectivity index (χ0n) is 22.9. The van der Waals surface area contributed by atoms with E-state index in [1.54, 1.807) is 32.9 Å². The second kappa shape index (κ2) is 14.6. The van der Waals surface area contributed by atoms with Crippen molar-refractivity contribution in [1.82, 2.24) is 21.3 Å². The number of amides is 4. The van der Waals surface area contributed by atoms with Crippen LogP contribution in [-0.2, 0) is 38.2 Å². The molecule has 4 amide bonds. The van der Waals surface area contributed by atoms with Gasteiger partial charge in [-0.25, -0.2) is 0 Å². The van der Waals surface area contributed by atoms with Crippen molar-refractivity contribution in [2.45, 2.75) is 89.6 Å². The van der Waals surface area contributed by atoms with E-state index in [9.17, 15) is 28.8 Å². The summed E-state index contributed by atoms with van der Waals surface area (Å²) in [6.45, 7) is 7.63. The van der Waals surface area contributed by atoms with Gasteiger partial charge in [0.05, 0.1) is 6.42 Å². The summed E-state index contributed by atoms with van der Waals surface area (Å²) in [6, 6.07) is -2.22. The Bertz CT molecular complexity index is 980. The van der Waals surface area contributed by atoms with Crippen LogP contribution in [0.2, 0.25) is 0 Å². The quantitative estimate of drug-likeness (QED) is 0.210. The molecule has 0 radical (unpaired) electrons. The lowest BCUT2D eigenvalue weighted by atomic mass is 10.0. The summed E-state index contributed by atoms with van der Waals surface area (Å²) >= 11 is 0. The molecule has 2 aliphatic rings. The van der Waals surface area contributed by atoms with Crippen LogP contribution < -0.4 is 21.3 Å². The molecule has 3 atom stereocenters. The maximum Gasteiger partial charge on any atom is 0.326 e. The number of carbonyl (C=O) groups excluding carboxylic acids is 6. The maximum atomic E-state index is 13.3. The molecular weight excluding hydrogens is 548 g/mol. The lowest BCUT2D eigenvalue weighted by Crippen LogP contribution is -2.61. The first-order chi connectivity index (χ1) is 18.2. The molecule has 1 saturated heterocycles. The minimum Gasteiger partial charge on any atom is -0.460 e. The molecule has 0 aromatic carbocycles. The van der Waals surface area contributed by atoms with Crippen LogP contribution in [0, 0.1) is 0 Å². The lowest BCUT2D eigenvalue weighted by Gasteiger charge is -2.29. The number of hydrogen-bond donors (Lipinski definition) is 4. The standard InChI is InChI=1S/C25H38N4O8S2/c1-24(2,3)37-19(31)10-9-16-21(33)28-17-14-39-38-11-7-6-8-15(12-18(30)27-16)36-20(32)13-26-23(35)25(4,5)29-22(17)34/h6,8,15-17H,7,9-14H2,1-5H3,(H,26,35)(H,27,30)(H,28,33)(H,29,34)/b8-6+/t15-,16?,17-/m0/s1. The number of hydrogen-bond acceptors (Lipinski definition) is 10. The highest BCUT2D eigenvalue weighted by Crippen LogP contribution is 2.24. The normalized spacial score (nSPS) is 26.6. The molecule has 4 N–H and O–H groups in total. The Balaban J connectivity index is 2.41. The molecule has 0 aromatic heterocycles. The average molecular weight is 587 g/mol. The molecule has 2 bridgehead atoms. The lowest BCUT2D eigenvalue weighted by molar-refractivity contribution is -0.155. The second-order valence-electron chi connectivity index (χ2n) is 10.7. The Kier molecular flexibility index (Phi) is 12.1. The fourth-order valence-corrected chi connectivity index (χ4v) is 5.70. The zero-order chi connectivity index (χ0) is 29.2. The molecular formula is C25H38N4O8S2. The fourth-order valence-electron chi connectivity index (χ4n) is 3.54. The van der Waals surface area contributed by atoms with Gasteiger partial charge in [0.2, 0.25) is 23.6 Å². The molecule has 14 heteroatoms. The Morgan fingerprint density at radius 1 is 1.10 bits per heavy atom. The number of rotatable bonds is 3. The molecule has 218 valence electrons. The van der Waals surface area contributed by atoms with E-state index in [0.29, 0.717) is 12.2 Å². The van der Waals surface area contributed by atoms with Crippen LogP contribution in [0.4, 0.5) is 0 Å². The molecule has 1 unspecified atom stereocenters. The Hall–Kier alpha value is -2.74. The molecule has 0 spiro atoms. The van der Waals surface area contributed by atoms with E-state index in [1.165, 1.54) is 35.4 Å². The topological polar surface area (TPSA) is 169 Å². The highest BCUT2D eigenvalue weighted by atomic mass is 33.1. The average Bonchev–Trinajstić information content (AvgIpc) is 2.81. The van der Waals surface area contributed by atoms with Crippen LogP contribution in [0.1, 0.15) is 60.3 Å². The van der Waals surface area contributed by atoms with E-state index in [1.807, 2.05) is 0 Å². The highest BCUT2D eigenvalue weighted by molar-refractivity contribution is 8.76. The van der Waals surface area contributed by atoms with Gasteiger partial charge in [0.15, 0.2) is 0 Å². The molecule has 2 rings (SSSR count). The van der Waals surface area contributed by atoms with Gasteiger partial charge >= 0.3 is 11.9 Å². The van der Waals surface area contributed by atoms with Gasteiger partial charge in [0.25, 0.3) is 0 Å². The monoisotopic (exact) mass is 586 g/mol.